The Morgan fingerprint density at radius 3 is 2.68 bits per heavy atom. The highest BCUT2D eigenvalue weighted by Gasteiger charge is 2.08. The van der Waals surface area contributed by atoms with Crippen molar-refractivity contribution in [2.24, 2.45) is 5.73 Å². The molecular formula is C14H16BrFN2S. The molecule has 0 saturated heterocycles. The monoisotopic (exact) mass is 342 g/mol. The Balaban J connectivity index is 2.05. The summed E-state index contributed by atoms with van der Waals surface area (Å²) in [7, 11) is 2.03. The fourth-order valence-electron chi connectivity index (χ4n) is 1.99. The third kappa shape index (κ3) is 4.11. The number of benzene rings is 1. The molecule has 0 atom stereocenters. The Labute approximate surface area is 125 Å². The highest BCUT2D eigenvalue weighted by molar-refractivity contribution is 9.10. The van der Waals surface area contributed by atoms with Gasteiger partial charge in [0.15, 0.2) is 0 Å². The van der Waals surface area contributed by atoms with Gasteiger partial charge in [-0.05, 0) is 52.3 Å². The molecule has 102 valence electrons. The third-order valence-corrected chi connectivity index (χ3v) is 4.56. The highest BCUT2D eigenvalue weighted by atomic mass is 79.9. The van der Waals surface area contributed by atoms with Gasteiger partial charge in [-0.1, -0.05) is 6.07 Å². The zero-order valence-corrected chi connectivity index (χ0v) is 13.1. The summed E-state index contributed by atoms with van der Waals surface area (Å²) in [6, 6.07) is 6.90. The van der Waals surface area contributed by atoms with Crippen LogP contribution in [-0.4, -0.2) is 11.9 Å². The maximum Gasteiger partial charge on any atom is 0.123 e. The standard InChI is InChI=1S/C14H16BrFN2S/c1-18(8-14-5-12(15)9-19-14)7-11-4-13(16)3-2-10(11)6-17/h2-5,9H,6-8,17H2,1H3. The molecule has 5 heteroatoms. The molecule has 0 radical (unpaired) electrons. The van der Waals surface area contributed by atoms with Crippen molar-refractivity contribution in [2.45, 2.75) is 19.6 Å². The van der Waals surface area contributed by atoms with Crippen LogP contribution in [0.25, 0.3) is 0 Å². The van der Waals surface area contributed by atoms with Crippen LogP contribution in [0.4, 0.5) is 4.39 Å². The summed E-state index contributed by atoms with van der Waals surface area (Å²) < 4.78 is 14.4. The Bertz CT molecular complexity index is 556. The van der Waals surface area contributed by atoms with Crippen LogP contribution >= 0.6 is 27.3 Å². The largest absolute Gasteiger partial charge is 0.326 e. The van der Waals surface area contributed by atoms with Crippen molar-refractivity contribution in [1.82, 2.24) is 4.90 Å². The first-order valence-corrected chi connectivity index (χ1v) is 7.64. The van der Waals surface area contributed by atoms with E-state index in [2.05, 4.69) is 32.3 Å². The minimum absolute atomic E-state index is 0.209. The van der Waals surface area contributed by atoms with Gasteiger partial charge in [0.1, 0.15) is 5.82 Å². The molecule has 2 rings (SSSR count). The first-order chi connectivity index (χ1) is 9.08. The smallest absolute Gasteiger partial charge is 0.123 e. The van der Waals surface area contributed by atoms with Gasteiger partial charge in [-0.15, -0.1) is 11.3 Å². The molecule has 2 aromatic rings. The average Bonchev–Trinajstić information content (AvgIpc) is 2.75. The number of rotatable bonds is 5. The first kappa shape index (κ1) is 14.7. The van der Waals surface area contributed by atoms with Crippen LogP contribution in [0.5, 0.6) is 0 Å². The lowest BCUT2D eigenvalue weighted by Gasteiger charge is -2.18. The van der Waals surface area contributed by atoms with E-state index in [1.54, 1.807) is 23.5 Å². The molecule has 2 N–H and O–H groups in total. The molecule has 0 bridgehead atoms. The zero-order chi connectivity index (χ0) is 13.8. The van der Waals surface area contributed by atoms with E-state index >= 15 is 0 Å². The zero-order valence-electron chi connectivity index (χ0n) is 10.7. The van der Waals surface area contributed by atoms with Gasteiger partial charge >= 0.3 is 0 Å². The molecule has 1 aromatic heterocycles. The summed E-state index contributed by atoms with van der Waals surface area (Å²) >= 11 is 5.16. The minimum Gasteiger partial charge on any atom is -0.326 e. The molecule has 1 heterocycles. The van der Waals surface area contributed by atoms with E-state index in [4.69, 9.17) is 5.73 Å². The Morgan fingerprint density at radius 1 is 1.26 bits per heavy atom. The van der Waals surface area contributed by atoms with Crippen molar-refractivity contribution in [3.05, 3.63) is 55.9 Å². The van der Waals surface area contributed by atoms with E-state index in [1.807, 2.05) is 7.05 Å². The lowest BCUT2D eigenvalue weighted by molar-refractivity contribution is 0.320. The van der Waals surface area contributed by atoms with Crippen molar-refractivity contribution < 1.29 is 4.39 Å². The van der Waals surface area contributed by atoms with Gasteiger partial charge in [-0.3, -0.25) is 4.90 Å². The number of thiophene rings is 1. The Hall–Kier alpha value is -0.750. The normalized spacial score (nSPS) is 11.2. The van der Waals surface area contributed by atoms with Gasteiger partial charge in [-0.2, -0.15) is 0 Å². The minimum atomic E-state index is -0.209. The molecule has 0 amide bonds. The third-order valence-electron chi connectivity index (χ3n) is 2.88. The van der Waals surface area contributed by atoms with E-state index in [9.17, 15) is 4.39 Å². The highest BCUT2D eigenvalue weighted by Crippen LogP contribution is 2.22. The maximum absolute atomic E-state index is 13.3. The van der Waals surface area contributed by atoms with Crippen molar-refractivity contribution in [2.75, 3.05) is 7.05 Å². The van der Waals surface area contributed by atoms with Gasteiger partial charge < -0.3 is 5.73 Å². The number of hydrogen-bond donors (Lipinski definition) is 1. The summed E-state index contributed by atoms with van der Waals surface area (Å²) in [5, 5.41) is 2.07. The second kappa shape index (κ2) is 6.61. The first-order valence-electron chi connectivity index (χ1n) is 5.97. The van der Waals surface area contributed by atoms with E-state index in [0.717, 1.165) is 22.1 Å². The predicted octanol–water partition coefficient (Wildman–Crippen LogP) is 3.74. The number of halogens is 2. The second-order valence-electron chi connectivity index (χ2n) is 4.52. The topological polar surface area (TPSA) is 29.3 Å². The fraction of sp³-hybridized carbons (Fsp3) is 0.286. The van der Waals surface area contributed by atoms with Crippen LogP contribution < -0.4 is 5.73 Å². The number of nitrogens with zero attached hydrogens (tertiary/aromatic N) is 1. The Morgan fingerprint density at radius 2 is 2.05 bits per heavy atom. The molecule has 2 nitrogen and oxygen atoms in total. The SMILES string of the molecule is CN(Cc1cc(Br)cs1)Cc1cc(F)ccc1CN. The molecule has 0 saturated carbocycles. The van der Waals surface area contributed by atoms with Gasteiger partial charge in [-0.25, -0.2) is 4.39 Å². The van der Waals surface area contributed by atoms with Crippen molar-refractivity contribution in [3.8, 4) is 0 Å². The van der Waals surface area contributed by atoms with E-state index < -0.39 is 0 Å². The molecule has 0 fully saturated rings. The maximum atomic E-state index is 13.3. The van der Waals surface area contributed by atoms with Crippen LogP contribution in [-0.2, 0) is 19.6 Å². The van der Waals surface area contributed by atoms with Gasteiger partial charge in [0.25, 0.3) is 0 Å². The molecule has 0 aliphatic carbocycles. The van der Waals surface area contributed by atoms with E-state index in [1.165, 1.54) is 10.9 Å². The van der Waals surface area contributed by atoms with Gasteiger partial charge in [0.05, 0.1) is 0 Å². The lowest BCUT2D eigenvalue weighted by Crippen LogP contribution is -2.18. The molecular weight excluding hydrogens is 327 g/mol. The summed E-state index contributed by atoms with van der Waals surface area (Å²) in [5.41, 5.74) is 7.65. The number of hydrogen-bond acceptors (Lipinski definition) is 3. The quantitative estimate of drug-likeness (QED) is 0.896. The molecule has 1 aromatic carbocycles. The fourth-order valence-corrected chi connectivity index (χ4v) is 3.52. The van der Waals surface area contributed by atoms with Crippen LogP contribution in [0, 0.1) is 5.82 Å². The van der Waals surface area contributed by atoms with Gasteiger partial charge in [0.2, 0.25) is 0 Å². The lowest BCUT2D eigenvalue weighted by atomic mass is 10.1. The van der Waals surface area contributed by atoms with E-state index in [0.29, 0.717) is 13.1 Å². The van der Waals surface area contributed by atoms with Crippen LogP contribution in [0.3, 0.4) is 0 Å². The van der Waals surface area contributed by atoms with Crippen LogP contribution in [0.1, 0.15) is 16.0 Å². The van der Waals surface area contributed by atoms with Crippen LogP contribution in [0.15, 0.2) is 34.1 Å². The molecule has 19 heavy (non-hydrogen) atoms. The predicted molar refractivity (Wildman–Crippen MR) is 81.5 cm³/mol. The Kier molecular flexibility index (Phi) is 5.10. The average molecular weight is 343 g/mol. The molecule has 0 unspecified atom stereocenters. The van der Waals surface area contributed by atoms with Crippen LogP contribution in [0.2, 0.25) is 0 Å². The number of nitrogens with two attached hydrogens (primary N) is 1. The van der Waals surface area contributed by atoms with Crippen molar-refractivity contribution in [1.29, 1.82) is 0 Å². The molecule has 0 aliphatic heterocycles. The summed E-state index contributed by atoms with van der Waals surface area (Å²) in [6.07, 6.45) is 0. The summed E-state index contributed by atoms with van der Waals surface area (Å²) in [4.78, 5) is 3.44. The second-order valence-corrected chi connectivity index (χ2v) is 6.43. The molecule has 0 aliphatic rings. The van der Waals surface area contributed by atoms with Gasteiger partial charge in [0, 0.05) is 34.4 Å². The summed E-state index contributed by atoms with van der Waals surface area (Å²) in [6.45, 7) is 1.98. The van der Waals surface area contributed by atoms with Crippen molar-refractivity contribution in [3.63, 3.8) is 0 Å². The van der Waals surface area contributed by atoms with Crippen molar-refractivity contribution >= 4 is 27.3 Å². The summed E-state index contributed by atoms with van der Waals surface area (Å²) in [5.74, 6) is -0.209. The molecule has 0 spiro atoms. The van der Waals surface area contributed by atoms with E-state index in [-0.39, 0.29) is 5.82 Å².